The lowest BCUT2D eigenvalue weighted by atomic mass is 10.1. The number of allylic oxidation sites excluding steroid dienone is 1. The molecule has 0 unspecified atom stereocenters. The van der Waals surface area contributed by atoms with Crippen molar-refractivity contribution in [2.75, 3.05) is 11.9 Å². The average molecular weight is 300 g/mol. The molecule has 1 aliphatic rings. The van der Waals surface area contributed by atoms with Crippen molar-refractivity contribution in [3.63, 3.8) is 0 Å². The lowest BCUT2D eigenvalue weighted by molar-refractivity contribution is 1.11. The number of aromatic nitrogens is 2. The molecule has 1 N–H and O–H groups in total. The molecule has 1 aromatic heterocycles. The Balaban J connectivity index is 1.56. The minimum Gasteiger partial charge on any atom is -0.365 e. The highest BCUT2D eigenvalue weighted by Gasteiger charge is 2.06. The first-order chi connectivity index (χ1) is 11.4. The summed E-state index contributed by atoms with van der Waals surface area (Å²) in [6, 6.07) is 16.4. The van der Waals surface area contributed by atoms with E-state index in [9.17, 15) is 0 Å². The summed E-state index contributed by atoms with van der Waals surface area (Å²) in [4.78, 5) is 13.4. The zero-order chi connectivity index (χ0) is 15.5. The Morgan fingerprint density at radius 1 is 1.00 bits per heavy atom. The molecule has 0 radical (unpaired) electrons. The Labute approximate surface area is 134 Å². The third-order valence-corrected chi connectivity index (χ3v) is 3.84. The Morgan fingerprint density at radius 2 is 1.91 bits per heavy atom. The van der Waals surface area contributed by atoms with E-state index < -0.39 is 0 Å². The van der Waals surface area contributed by atoms with Gasteiger partial charge in [0.05, 0.1) is 23.8 Å². The third-order valence-electron chi connectivity index (χ3n) is 3.84. The van der Waals surface area contributed by atoms with Gasteiger partial charge in [0.25, 0.3) is 0 Å². The number of aliphatic imine (C=N–C) groups is 1. The lowest BCUT2D eigenvalue weighted by Crippen LogP contribution is -2.02. The minimum absolute atomic E-state index is 0.739. The highest BCUT2D eigenvalue weighted by atomic mass is 15.0. The zero-order valence-corrected chi connectivity index (χ0v) is 12.6. The molecule has 0 fully saturated rings. The number of rotatable bonds is 4. The van der Waals surface area contributed by atoms with Gasteiger partial charge in [-0.05, 0) is 28.8 Å². The molecule has 4 rings (SSSR count). The second kappa shape index (κ2) is 6.01. The van der Waals surface area contributed by atoms with E-state index >= 15 is 0 Å². The molecule has 2 aromatic carbocycles. The summed E-state index contributed by atoms with van der Waals surface area (Å²) >= 11 is 0. The number of nitrogens with zero attached hydrogens (tertiary/aromatic N) is 3. The van der Waals surface area contributed by atoms with Crippen molar-refractivity contribution in [1.29, 1.82) is 0 Å². The van der Waals surface area contributed by atoms with Gasteiger partial charge in [-0.2, -0.15) is 0 Å². The van der Waals surface area contributed by atoms with Crippen molar-refractivity contribution in [2.24, 2.45) is 4.99 Å². The minimum atomic E-state index is 0.739. The summed E-state index contributed by atoms with van der Waals surface area (Å²) in [5, 5.41) is 3.32. The average Bonchev–Trinajstić information content (AvgIpc) is 3.15. The summed E-state index contributed by atoms with van der Waals surface area (Å²) < 4.78 is 0. The number of hydrogen-bond acceptors (Lipinski definition) is 4. The van der Waals surface area contributed by atoms with E-state index in [1.807, 2.05) is 30.5 Å². The molecule has 0 saturated heterocycles. The molecule has 0 spiro atoms. The SMILES string of the molecule is C1=NCC=C1c1ccc2nc(NCc3ccccc3)cnc2c1. The monoisotopic (exact) mass is 300 g/mol. The van der Waals surface area contributed by atoms with E-state index in [0.717, 1.165) is 41.1 Å². The van der Waals surface area contributed by atoms with Crippen LogP contribution in [0.3, 0.4) is 0 Å². The van der Waals surface area contributed by atoms with Crippen LogP contribution in [0.1, 0.15) is 11.1 Å². The van der Waals surface area contributed by atoms with Crippen molar-refractivity contribution in [3.8, 4) is 0 Å². The molecule has 112 valence electrons. The highest BCUT2D eigenvalue weighted by molar-refractivity contribution is 6.12. The molecular formula is C19H16N4. The first-order valence-corrected chi connectivity index (χ1v) is 7.63. The molecule has 0 atom stereocenters. The van der Waals surface area contributed by atoms with Gasteiger partial charge >= 0.3 is 0 Å². The van der Waals surface area contributed by atoms with E-state index in [2.05, 4.69) is 50.6 Å². The van der Waals surface area contributed by atoms with E-state index in [0.29, 0.717) is 0 Å². The Morgan fingerprint density at radius 3 is 2.74 bits per heavy atom. The quantitative estimate of drug-likeness (QED) is 0.799. The second-order valence-corrected chi connectivity index (χ2v) is 5.45. The number of fused-ring (bicyclic) bond motifs is 1. The number of benzene rings is 2. The largest absolute Gasteiger partial charge is 0.365 e. The van der Waals surface area contributed by atoms with Gasteiger partial charge in [-0.15, -0.1) is 0 Å². The zero-order valence-electron chi connectivity index (χ0n) is 12.6. The Hall–Kier alpha value is -3.01. The van der Waals surface area contributed by atoms with Crippen LogP contribution in [0.5, 0.6) is 0 Å². The van der Waals surface area contributed by atoms with Gasteiger partial charge in [-0.25, -0.2) is 4.98 Å². The van der Waals surface area contributed by atoms with Gasteiger partial charge in [0, 0.05) is 12.8 Å². The van der Waals surface area contributed by atoms with Crippen LogP contribution in [0.2, 0.25) is 0 Å². The molecule has 0 amide bonds. The first kappa shape index (κ1) is 13.6. The van der Waals surface area contributed by atoms with Gasteiger partial charge in [0.2, 0.25) is 0 Å². The summed E-state index contributed by atoms with van der Waals surface area (Å²) in [6.45, 7) is 1.50. The predicted octanol–water partition coefficient (Wildman–Crippen LogP) is 3.71. The maximum absolute atomic E-state index is 4.63. The maximum atomic E-state index is 4.63. The van der Waals surface area contributed by atoms with Crippen LogP contribution in [0.15, 0.2) is 65.8 Å². The molecule has 4 nitrogen and oxygen atoms in total. The van der Waals surface area contributed by atoms with E-state index in [1.54, 1.807) is 6.20 Å². The van der Waals surface area contributed by atoms with Crippen LogP contribution >= 0.6 is 0 Å². The standard InChI is InChI=1S/C19H16N4/c1-2-4-14(5-3-1)11-22-19-13-21-18-10-15(6-7-17(18)23-19)16-8-9-20-12-16/h1-8,10,12-13H,9,11H2,(H,22,23). The fraction of sp³-hybridized carbons (Fsp3) is 0.105. The van der Waals surface area contributed by atoms with Crippen molar-refractivity contribution < 1.29 is 0 Å². The van der Waals surface area contributed by atoms with Gasteiger partial charge in [0.15, 0.2) is 0 Å². The van der Waals surface area contributed by atoms with E-state index in [-0.39, 0.29) is 0 Å². The van der Waals surface area contributed by atoms with Crippen LogP contribution in [0, 0.1) is 0 Å². The van der Waals surface area contributed by atoms with Crippen LogP contribution in [-0.4, -0.2) is 22.7 Å². The second-order valence-electron chi connectivity index (χ2n) is 5.45. The van der Waals surface area contributed by atoms with Crippen molar-refractivity contribution in [1.82, 2.24) is 9.97 Å². The number of nitrogens with one attached hydrogen (secondary N) is 1. The van der Waals surface area contributed by atoms with Crippen molar-refractivity contribution in [2.45, 2.75) is 6.54 Å². The summed E-state index contributed by atoms with van der Waals surface area (Å²) in [5.41, 5.74) is 5.30. The molecule has 3 aromatic rings. The predicted molar refractivity (Wildman–Crippen MR) is 94.6 cm³/mol. The number of hydrogen-bond donors (Lipinski definition) is 1. The molecule has 1 aliphatic heterocycles. The van der Waals surface area contributed by atoms with Crippen LogP contribution in [-0.2, 0) is 6.54 Å². The van der Waals surface area contributed by atoms with Crippen LogP contribution in [0.25, 0.3) is 16.6 Å². The fourth-order valence-electron chi connectivity index (χ4n) is 2.61. The van der Waals surface area contributed by atoms with Crippen molar-refractivity contribution >= 4 is 28.6 Å². The third kappa shape index (κ3) is 2.97. The van der Waals surface area contributed by atoms with Gasteiger partial charge in [0.1, 0.15) is 5.82 Å². The fourth-order valence-corrected chi connectivity index (χ4v) is 2.61. The first-order valence-electron chi connectivity index (χ1n) is 7.63. The molecular weight excluding hydrogens is 284 g/mol. The Bertz CT molecular complexity index is 898. The highest BCUT2D eigenvalue weighted by Crippen LogP contribution is 2.21. The number of anilines is 1. The Kier molecular flexibility index (Phi) is 3.56. The summed E-state index contributed by atoms with van der Waals surface area (Å²) in [5.74, 6) is 0.788. The summed E-state index contributed by atoms with van der Waals surface area (Å²) in [7, 11) is 0. The molecule has 0 bridgehead atoms. The summed E-state index contributed by atoms with van der Waals surface area (Å²) in [6.07, 6.45) is 5.81. The molecule has 23 heavy (non-hydrogen) atoms. The normalized spacial score (nSPS) is 13.3. The smallest absolute Gasteiger partial charge is 0.145 e. The maximum Gasteiger partial charge on any atom is 0.145 e. The van der Waals surface area contributed by atoms with Crippen LogP contribution in [0.4, 0.5) is 5.82 Å². The van der Waals surface area contributed by atoms with Gasteiger partial charge in [-0.3, -0.25) is 9.98 Å². The topological polar surface area (TPSA) is 50.2 Å². The van der Waals surface area contributed by atoms with Crippen molar-refractivity contribution in [3.05, 3.63) is 71.9 Å². The van der Waals surface area contributed by atoms with Gasteiger partial charge in [-0.1, -0.05) is 42.5 Å². The van der Waals surface area contributed by atoms with Crippen LogP contribution < -0.4 is 5.32 Å². The van der Waals surface area contributed by atoms with E-state index in [1.165, 1.54) is 5.56 Å². The van der Waals surface area contributed by atoms with Gasteiger partial charge < -0.3 is 5.32 Å². The molecule has 4 heteroatoms. The lowest BCUT2D eigenvalue weighted by Gasteiger charge is -2.07. The molecule has 0 saturated carbocycles. The van der Waals surface area contributed by atoms with E-state index in [4.69, 9.17) is 0 Å². The molecule has 0 aliphatic carbocycles. The molecule has 2 heterocycles.